The van der Waals surface area contributed by atoms with Crippen molar-refractivity contribution in [3.05, 3.63) is 33.7 Å². The summed E-state index contributed by atoms with van der Waals surface area (Å²) in [5.74, 6) is 0.252. The molecule has 1 aromatic carbocycles. The van der Waals surface area contributed by atoms with Crippen LogP contribution in [-0.4, -0.2) is 69.4 Å². The van der Waals surface area contributed by atoms with Crippen molar-refractivity contribution in [2.75, 3.05) is 20.1 Å². The molecule has 3 aliphatic heterocycles. The number of fused-ring (bicyclic) bond motifs is 4. The maximum Gasteiger partial charge on any atom is 0.410 e. The molecular formula is C32H39BrFN5O3. The van der Waals surface area contributed by atoms with E-state index in [1.807, 2.05) is 31.7 Å². The van der Waals surface area contributed by atoms with E-state index in [-0.39, 0.29) is 48.2 Å². The van der Waals surface area contributed by atoms with E-state index in [1.54, 1.807) is 0 Å². The molecule has 2 bridgehead atoms. The number of hydrogen-bond donors (Lipinski definition) is 0. The van der Waals surface area contributed by atoms with Gasteiger partial charge >= 0.3 is 6.09 Å². The van der Waals surface area contributed by atoms with Crippen molar-refractivity contribution in [2.24, 2.45) is 5.92 Å². The number of likely N-dealkylation sites (N-methyl/N-ethyl adjacent to an activating group) is 1. The van der Waals surface area contributed by atoms with Crippen LogP contribution in [0.25, 0.3) is 21.8 Å². The highest BCUT2D eigenvalue weighted by Crippen LogP contribution is 2.53. The van der Waals surface area contributed by atoms with Gasteiger partial charge in [-0.3, -0.25) is 4.90 Å². The minimum atomic E-state index is -0.571. The molecule has 4 aliphatic rings. The number of rotatable bonds is 6. The average Bonchev–Trinajstić information content (AvgIpc) is 3.68. The third-order valence-corrected chi connectivity index (χ3v) is 10.1. The van der Waals surface area contributed by atoms with Gasteiger partial charge in [0, 0.05) is 36.0 Å². The summed E-state index contributed by atoms with van der Waals surface area (Å²) in [5.41, 5.74) is 2.29. The Morgan fingerprint density at radius 2 is 2.07 bits per heavy atom. The normalized spacial score (nSPS) is 24.7. The number of aryl methyl sites for hydroxylation is 2. The zero-order valence-corrected chi connectivity index (χ0v) is 26.8. The molecule has 1 saturated carbocycles. The fourth-order valence-electron chi connectivity index (χ4n) is 7.34. The van der Waals surface area contributed by atoms with Crippen molar-refractivity contribution in [2.45, 2.75) is 96.6 Å². The molecule has 7 rings (SSSR count). The largest absolute Gasteiger partial charge is 0.472 e. The molecule has 0 radical (unpaired) electrons. The van der Waals surface area contributed by atoms with Crippen molar-refractivity contribution in [1.29, 1.82) is 5.26 Å². The van der Waals surface area contributed by atoms with Gasteiger partial charge in [0.2, 0.25) is 5.88 Å². The van der Waals surface area contributed by atoms with Gasteiger partial charge in [0.15, 0.2) is 5.82 Å². The van der Waals surface area contributed by atoms with Gasteiger partial charge in [0.1, 0.15) is 17.2 Å². The first-order chi connectivity index (χ1) is 19.9. The van der Waals surface area contributed by atoms with Crippen molar-refractivity contribution in [1.82, 2.24) is 19.4 Å². The SMILES string of the molecule is Cc1cc2c(O[C@@H](C)[C@@H]3CCCN3C)nc3c(F)c(Br)c(CCC#N)cc3c2n1[C@H]1[C@@H]2C[C@H]1N(C(=O)OC(C)(C)C)C2. The van der Waals surface area contributed by atoms with Crippen molar-refractivity contribution >= 4 is 43.8 Å². The summed E-state index contributed by atoms with van der Waals surface area (Å²) in [5, 5.41) is 10.8. The van der Waals surface area contributed by atoms with Crippen molar-refractivity contribution in [3.63, 3.8) is 0 Å². The molecule has 224 valence electrons. The first-order valence-corrected chi connectivity index (χ1v) is 15.7. The number of ether oxygens (including phenoxy) is 2. The lowest BCUT2D eigenvalue weighted by molar-refractivity contribution is 0.0210. The Hall–Kier alpha value is -2.90. The monoisotopic (exact) mass is 639 g/mol. The van der Waals surface area contributed by atoms with E-state index in [2.05, 4.69) is 58.4 Å². The number of nitriles is 1. The number of nitrogens with zero attached hydrogens (tertiary/aromatic N) is 5. The molecule has 0 N–H and O–H groups in total. The number of halogens is 2. The minimum Gasteiger partial charge on any atom is -0.472 e. The van der Waals surface area contributed by atoms with Crippen LogP contribution in [0.4, 0.5) is 9.18 Å². The predicted molar refractivity (Wildman–Crippen MR) is 163 cm³/mol. The second kappa shape index (κ2) is 10.7. The smallest absolute Gasteiger partial charge is 0.410 e. The summed E-state index contributed by atoms with van der Waals surface area (Å²) in [7, 11) is 2.11. The fourth-order valence-corrected chi connectivity index (χ4v) is 7.85. The summed E-state index contributed by atoms with van der Waals surface area (Å²) in [6, 6.07) is 6.53. The Kier molecular flexibility index (Phi) is 7.42. The van der Waals surface area contributed by atoms with E-state index in [0.29, 0.717) is 28.7 Å². The summed E-state index contributed by atoms with van der Waals surface area (Å²) < 4.78 is 31.0. The molecule has 2 aromatic heterocycles. The molecule has 8 nitrogen and oxygen atoms in total. The number of likely N-dealkylation sites (tertiary alicyclic amines) is 1. The molecule has 1 amide bonds. The highest BCUT2D eigenvalue weighted by molar-refractivity contribution is 9.10. The molecule has 42 heavy (non-hydrogen) atoms. The van der Waals surface area contributed by atoms with Gasteiger partial charge in [-0.15, -0.1) is 0 Å². The third-order valence-electron chi connectivity index (χ3n) is 9.29. The predicted octanol–water partition coefficient (Wildman–Crippen LogP) is 6.90. The van der Waals surface area contributed by atoms with Gasteiger partial charge in [0.05, 0.1) is 33.5 Å². The highest BCUT2D eigenvalue weighted by Gasteiger charge is 2.56. The van der Waals surface area contributed by atoms with Crippen LogP contribution in [0.5, 0.6) is 5.88 Å². The lowest BCUT2D eigenvalue weighted by atomic mass is 9.79. The second-order valence-corrected chi connectivity index (χ2v) is 14.0. The van der Waals surface area contributed by atoms with Gasteiger partial charge in [-0.05, 0) is 108 Å². The van der Waals surface area contributed by atoms with Crippen molar-refractivity contribution in [3.8, 4) is 11.9 Å². The number of hydrogen-bond acceptors (Lipinski definition) is 6. The molecule has 3 aromatic rings. The van der Waals surface area contributed by atoms with Crippen LogP contribution in [0, 0.1) is 30.0 Å². The minimum absolute atomic E-state index is 0.00356. The van der Waals surface area contributed by atoms with E-state index in [9.17, 15) is 10.1 Å². The maximum atomic E-state index is 16.1. The van der Waals surface area contributed by atoms with Gasteiger partial charge in [-0.25, -0.2) is 14.2 Å². The van der Waals surface area contributed by atoms with Crippen LogP contribution in [-0.2, 0) is 11.2 Å². The van der Waals surface area contributed by atoms with Crippen molar-refractivity contribution < 1.29 is 18.7 Å². The Balaban J connectivity index is 1.50. The van der Waals surface area contributed by atoms with Crippen LogP contribution in [0.1, 0.15) is 70.7 Å². The molecule has 1 aliphatic carbocycles. The lowest BCUT2D eigenvalue weighted by Crippen LogP contribution is -2.44. The quantitative estimate of drug-likeness (QED) is 0.292. The molecule has 5 heterocycles. The van der Waals surface area contributed by atoms with Crippen LogP contribution < -0.4 is 4.74 Å². The molecule has 4 fully saturated rings. The lowest BCUT2D eigenvalue weighted by Gasteiger charge is -2.39. The number of carbonyl (C=O) groups is 1. The standard InChI is InChI=1S/C32H39BrFN5O3/c1-17-13-22-29(39(17)28-20-15-24(28)38(16-20)31(40)42-32(3,4)5)21-14-19(9-7-11-35)25(33)26(34)27(21)36-30(22)41-18(2)23-10-8-12-37(23)6/h13-14,18,20,23-24,28H,7-10,12,15-16H2,1-6H3/t18-,20+,23-,24+,28-/m0/s1. The second-order valence-electron chi connectivity index (χ2n) is 13.3. The number of benzene rings is 1. The Morgan fingerprint density at radius 3 is 2.74 bits per heavy atom. The third kappa shape index (κ3) is 4.83. The van der Waals surface area contributed by atoms with Gasteiger partial charge < -0.3 is 18.9 Å². The Labute approximate surface area is 254 Å². The van der Waals surface area contributed by atoms with Crippen LogP contribution in [0.15, 0.2) is 16.6 Å². The van der Waals surface area contributed by atoms with E-state index >= 15 is 4.39 Å². The Bertz CT molecular complexity index is 1610. The topological polar surface area (TPSA) is 83.6 Å². The first-order valence-electron chi connectivity index (χ1n) is 14.9. The van der Waals surface area contributed by atoms with Crippen LogP contribution >= 0.6 is 15.9 Å². The first kappa shape index (κ1) is 29.2. The van der Waals surface area contributed by atoms with E-state index in [4.69, 9.17) is 14.5 Å². The molecule has 0 spiro atoms. The average molecular weight is 641 g/mol. The van der Waals surface area contributed by atoms with Crippen LogP contribution in [0.2, 0.25) is 0 Å². The van der Waals surface area contributed by atoms with Gasteiger partial charge in [0.25, 0.3) is 0 Å². The summed E-state index contributed by atoms with van der Waals surface area (Å²) in [4.78, 5) is 22.1. The number of amides is 1. The van der Waals surface area contributed by atoms with E-state index in [0.717, 1.165) is 48.0 Å². The van der Waals surface area contributed by atoms with Crippen LogP contribution in [0.3, 0.4) is 0 Å². The zero-order chi connectivity index (χ0) is 30.1. The molecule has 0 unspecified atom stereocenters. The number of aromatic nitrogens is 2. The van der Waals surface area contributed by atoms with E-state index < -0.39 is 11.4 Å². The van der Waals surface area contributed by atoms with Gasteiger partial charge in [-0.1, -0.05) is 0 Å². The summed E-state index contributed by atoms with van der Waals surface area (Å²) in [6.07, 6.45) is 3.37. The molecule has 5 atom stereocenters. The fraction of sp³-hybridized carbons (Fsp3) is 0.594. The Morgan fingerprint density at radius 1 is 1.31 bits per heavy atom. The van der Waals surface area contributed by atoms with E-state index in [1.165, 1.54) is 0 Å². The number of carbonyl (C=O) groups excluding carboxylic acids is 1. The summed E-state index contributed by atoms with van der Waals surface area (Å²) >= 11 is 3.45. The maximum absolute atomic E-state index is 16.1. The molecule has 10 heteroatoms. The highest BCUT2D eigenvalue weighted by atomic mass is 79.9. The molecule has 3 saturated heterocycles. The van der Waals surface area contributed by atoms with Gasteiger partial charge in [-0.2, -0.15) is 5.26 Å². The molecular weight excluding hydrogens is 601 g/mol. The number of pyridine rings is 1. The summed E-state index contributed by atoms with van der Waals surface area (Å²) in [6.45, 7) is 11.4. The zero-order valence-electron chi connectivity index (χ0n) is 25.2.